The van der Waals surface area contributed by atoms with Crippen molar-refractivity contribution < 1.29 is 28.2 Å². The van der Waals surface area contributed by atoms with E-state index in [2.05, 4.69) is 10.3 Å². The first kappa shape index (κ1) is 22.9. The van der Waals surface area contributed by atoms with Crippen molar-refractivity contribution in [1.29, 1.82) is 0 Å². The Morgan fingerprint density at radius 2 is 1.78 bits per heavy atom. The second-order valence-corrected chi connectivity index (χ2v) is 6.93. The molecule has 8 heteroatoms. The molecule has 3 rings (SSSR count). The molecule has 0 atom stereocenters. The third-order valence-corrected chi connectivity index (χ3v) is 4.70. The van der Waals surface area contributed by atoms with E-state index in [-0.39, 0.29) is 18.9 Å². The molecule has 0 saturated carbocycles. The number of nitrogens with one attached hydrogen (secondary N) is 1. The van der Waals surface area contributed by atoms with Gasteiger partial charge in [0.05, 0.1) is 26.8 Å². The lowest BCUT2D eigenvalue weighted by Crippen LogP contribution is -2.30. The van der Waals surface area contributed by atoms with E-state index in [0.717, 1.165) is 11.1 Å². The molecule has 3 aromatic rings. The highest BCUT2D eigenvalue weighted by Gasteiger charge is 2.12. The molecule has 168 valence electrons. The summed E-state index contributed by atoms with van der Waals surface area (Å²) in [5.41, 5.74) is 1.90. The summed E-state index contributed by atoms with van der Waals surface area (Å²) in [6.45, 7) is 0.0794. The number of oxazole rings is 1. The van der Waals surface area contributed by atoms with Crippen molar-refractivity contribution in [3.8, 4) is 22.8 Å². The van der Waals surface area contributed by atoms with Gasteiger partial charge in [0, 0.05) is 18.5 Å². The number of carbonyl (C=O) groups is 2. The van der Waals surface area contributed by atoms with E-state index in [0.29, 0.717) is 42.5 Å². The maximum atomic E-state index is 11.9. The van der Waals surface area contributed by atoms with Crippen molar-refractivity contribution >= 4 is 11.9 Å². The number of carbonyl (C=O) groups excluding carboxylic acids is 2. The molecule has 0 aliphatic rings. The number of nitrogens with zero attached hydrogens (tertiary/aromatic N) is 1. The van der Waals surface area contributed by atoms with Crippen LogP contribution < -0.4 is 14.8 Å². The third kappa shape index (κ3) is 6.60. The highest BCUT2D eigenvalue weighted by molar-refractivity contribution is 5.80. The Labute approximate surface area is 186 Å². The summed E-state index contributed by atoms with van der Waals surface area (Å²) >= 11 is 0. The van der Waals surface area contributed by atoms with E-state index >= 15 is 0 Å². The van der Waals surface area contributed by atoms with Crippen molar-refractivity contribution in [1.82, 2.24) is 10.3 Å². The second kappa shape index (κ2) is 11.5. The largest absolute Gasteiger partial charge is 0.493 e. The van der Waals surface area contributed by atoms with Crippen molar-refractivity contribution in [3.63, 3.8) is 0 Å². The standard InChI is InChI=1S/C24H26N2O6/c1-29-19-9-8-17(14-20(19)30-2)12-13-25-22(27)16-31-24(28)11-10-23-26-15-21(32-23)18-6-4-3-5-7-18/h3-9,14-15H,10-13,16H2,1-2H3,(H,25,27). The number of ether oxygens (including phenoxy) is 3. The molecule has 0 aliphatic carbocycles. The molecule has 0 fully saturated rings. The minimum Gasteiger partial charge on any atom is -0.493 e. The van der Waals surface area contributed by atoms with Gasteiger partial charge in [-0.3, -0.25) is 9.59 Å². The van der Waals surface area contributed by atoms with Crippen LogP contribution in [0.25, 0.3) is 11.3 Å². The van der Waals surface area contributed by atoms with Gasteiger partial charge in [0.1, 0.15) is 0 Å². The van der Waals surface area contributed by atoms with Crippen LogP contribution in [0.1, 0.15) is 17.9 Å². The Bertz CT molecular complexity index is 1030. The Balaban J connectivity index is 1.34. The van der Waals surface area contributed by atoms with Gasteiger partial charge >= 0.3 is 5.97 Å². The predicted octanol–water partition coefficient (Wildman–Crippen LogP) is 3.19. The molecular formula is C24H26N2O6. The Morgan fingerprint density at radius 1 is 1.00 bits per heavy atom. The number of esters is 1. The summed E-state index contributed by atoms with van der Waals surface area (Å²) in [6, 6.07) is 15.2. The summed E-state index contributed by atoms with van der Waals surface area (Å²) in [6.07, 6.45) is 2.61. The summed E-state index contributed by atoms with van der Waals surface area (Å²) in [5, 5.41) is 2.73. The zero-order valence-electron chi connectivity index (χ0n) is 18.1. The molecule has 1 N–H and O–H groups in total. The molecule has 2 aromatic carbocycles. The highest BCUT2D eigenvalue weighted by Crippen LogP contribution is 2.27. The zero-order chi connectivity index (χ0) is 22.8. The van der Waals surface area contributed by atoms with E-state index in [4.69, 9.17) is 18.6 Å². The quantitative estimate of drug-likeness (QED) is 0.459. The molecular weight excluding hydrogens is 412 g/mol. The van der Waals surface area contributed by atoms with E-state index in [1.165, 1.54) is 0 Å². The monoisotopic (exact) mass is 438 g/mol. The van der Waals surface area contributed by atoms with Gasteiger partial charge in [0.2, 0.25) is 0 Å². The molecule has 0 unspecified atom stereocenters. The smallest absolute Gasteiger partial charge is 0.306 e. The Hall–Kier alpha value is -3.81. The molecule has 0 saturated heterocycles. The van der Waals surface area contributed by atoms with Crippen LogP contribution in [0.5, 0.6) is 11.5 Å². The van der Waals surface area contributed by atoms with Gasteiger partial charge < -0.3 is 23.9 Å². The molecule has 0 radical (unpaired) electrons. The van der Waals surface area contributed by atoms with Gasteiger partial charge in [-0.15, -0.1) is 0 Å². The normalized spacial score (nSPS) is 10.4. The van der Waals surface area contributed by atoms with Crippen LogP contribution >= 0.6 is 0 Å². The van der Waals surface area contributed by atoms with Gasteiger partial charge in [-0.25, -0.2) is 4.98 Å². The van der Waals surface area contributed by atoms with Crippen LogP contribution in [0.2, 0.25) is 0 Å². The SMILES string of the molecule is COc1ccc(CCNC(=O)COC(=O)CCc2ncc(-c3ccccc3)o2)cc1OC. The van der Waals surface area contributed by atoms with Crippen LogP contribution in [-0.2, 0) is 27.2 Å². The number of aromatic nitrogens is 1. The first-order chi connectivity index (χ1) is 15.6. The lowest BCUT2D eigenvalue weighted by molar-refractivity contribution is -0.148. The molecule has 1 amide bonds. The van der Waals surface area contributed by atoms with E-state index in [1.54, 1.807) is 20.4 Å². The fourth-order valence-electron chi connectivity index (χ4n) is 3.02. The number of aryl methyl sites for hydroxylation is 1. The number of benzene rings is 2. The van der Waals surface area contributed by atoms with Crippen LogP contribution in [0.15, 0.2) is 59.1 Å². The average Bonchev–Trinajstić information content (AvgIpc) is 3.31. The van der Waals surface area contributed by atoms with Crippen LogP contribution in [0, 0.1) is 0 Å². The number of rotatable bonds is 11. The highest BCUT2D eigenvalue weighted by atomic mass is 16.5. The molecule has 1 heterocycles. The van der Waals surface area contributed by atoms with Crippen molar-refractivity contribution in [2.24, 2.45) is 0 Å². The molecule has 0 spiro atoms. The fraction of sp³-hybridized carbons (Fsp3) is 0.292. The molecule has 0 bridgehead atoms. The summed E-state index contributed by atoms with van der Waals surface area (Å²) in [7, 11) is 3.15. The number of amides is 1. The van der Waals surface area contributed by atoms with Crippen molar-refractivity contribution in [2.45, 2.75) is 19.3 Å². The first-order valence-electron chi connectivity index (χ1n) is 10.2. The Morgan fingerprint density at radius 3 is 2.53 bits per heavy atom. The lowest BCUT2D eigenvalue weighted by Gasteiger charge is -2.10. The van der Waals surface area contributed by atoms with E-state index in [1.807, 2.05) is 48.5 Å². The van der Waals surface area contributed by atoms with Crippen molar-refractivity contribution in [3.05, 3.63) is 66.2 Å². The summed E-state index contributed by atoms with van der Waals surface area (Å²) < 4.78 is 21.2. The minimum atomic E-state index is -0.487. The molecule has 1 aromatic heterocycles. The van der Waals surface area contributed by atoms with E-state index < -0.39 is 5.97 Å². The summed E-state index contributed by atoms with van der Waals surface area (Å²) in [5.74, 6) is 1.52. The Kier molecular flexibility index (Phi) is 8.25. The molecule has 8 nitrogen and oxygen atoms in total. The zero-order valence-corrected chi connectivity index (χ0v) is 18.1. The van der Waals surface area contributed by atoms with Crippen LogP contribution in [-0.4, -0.2) is 44.2 Å². The van der Waals surface area contributed by atoms with Crippen molar-refractivity contribution in [2.75, 3.05) is 27.4 Å². The fourth-order valence-corrected chi connectivity index (χ4v) is 3.02. The van der Waals surface area contributed by atoms with Crippen LogP contribution in [0.4, 0.5) is 0 Å². The predicted molar refractivity (Wildman–Crippen MR) is 117 cm³/mol. The minimum absolute atomic E-state index is 0.0770. The van der Waals surface area contributed by atoms with Gasteiger partial charge in [-0.2, -0.15) is 0 Å². The molecule has 32 heavy (non-hydrogen) atoms. The first-order valence-corrected chi connectivity index (χ1v) is 10.2. The van der Waals surface area contributed by atoms with Gasteiger partial charge in [0.25, 0.3) is 5.91 Å². The average molecular weight is 438 g/mol. The number of hydrogen-bond acceptors (Lipinski definition) is 7. The number of hydrogen-bond donors (Lipinski definition) is 1. The second-order valence-electron chi connectivity index (χ2n) is 6.93. The maximum Gasteiger partial charge on any atom is 0.306 e. The van der Waals surface area contributed by atoms with Gasteiger partial charge in [-0.05, 0) is 24.1 Å². The third-order valence-electron chi connectivity index (χ3n) is 4.70. The summed E-state index contributed by atoms with van der Waals surface area (Å²) in [4.78, 5) is 28.0. The lowest BCUT2D eigenvalue weighted by atomic mass is 10.1. The maximum absolute atomic E-state index is 11.9. The number of methoxy groups -OCH3 is 2. The van der Waals surface area contributed by atoms with E-state index in [9.17, 15) is 9.59 Å². The van der Waals surface area contributed by atoms with Gasteiger partial charge in [-0.1, -0.05) is 36.4 Å². The van der Waals surface area contributed by atoms with Crippen LogP contribution in [0.3, 0.4) is 0 Å². The molecule has 0 aliphatic heterocycles. The van der Waals surface area contributed by atoms with Gasteiger partial charge in [0.15, 0.2) is 29.8 Å². The topological polar surface area (TPSA) is 99.9 Å².